The van der Waals surface area contributed by atoms with Gasteiger partial charge in [0, 0.05) is 12.7 Å². The van der Waals surface area contributed by atoms with Crippen LogP contribution < -0.4 is 10.1 Å². The molecule has 0 saturated carbocycles. The molecule has 8 heteroatoms. The van der Waals surface area contributed by atoms with Crippen molar-refractivity contribution in [2.75, 3.05) is 12.9 Å². The third-order valence-corrected chi connectivity index (χ3v) is 4.34. The minimum Gasteiger partial charge on any atom is -0.497 e. The first-order valence-electron chi connectivity index (χ1n) is 7.60. The molecule has 128 valence electrons. The topological polar surface area (TPSA) is 81.9 Å². The largest absolute Gasteiger partial charge is 0.497 e. The van der Waals surface area contributed by atoms with E-state index in [1.165, 1.54) is 11.8 Å². The van der Waals surface area contributed by atoms with E-state index in [1.54, 1.807) is 24.2 Å². The number of rotatable bonds is 7. The van der Waals surface area contributed by atoms with Gasteiger partial charge in [-0.2, -0.15) is 0 Å². The van der Waals surface area contributed by atoms with Crippen LogP contribution in [0.1, 0.15) is 5.56 Å². The SMILES string of the molecule is COc1ccc(CNC(=O)CSc2nncn2-c2ccccn2)cc1. The van der Waals surface area contributed by atoms with Crippen molar-refractivity contribution in [2.45, 2.75) is 11.7 Å². The number of amides is 1. The van der Waals surface area contributed by atoms with Crippen molar-refractivity contribution >= 4 is 17.7 Å². The zero-order valence-electron chi connectivity index (χ0n) is 13.6. The van der Waals surface area contributed by atoms with E-state index in [0.29, 0.717) is 17.5 Å². The summed E-state index contributed by atoms with van der Waals surface area (Å²) in [5.74, 6) is 1.69. The van der Waals surface area contributed by atoms with E-state index in [-0.39, 0.29) is 11.7 Å². The quantitative estimate of drug-likeness (QED) is 0.654. The van der Waals surface area contributed by atoms with Gasteiger partial charge < -0.3 is 10.1 Å². The van der Waals surface area contributed by atoms with Gasteiger partial charge in [-0.25, -0.2) is 4.98 Å². The van der Waals surface area contributed by atoms with Gasteiger partial charge >= 0.3 is 0 Å². The second kappa shape index (κ2) is 8.29. The molecule has 0 bridgehead atoms. The molecule has 0 atom stereocenters. The lowest BCUT2D eigenvalue weighted by atomic mass is 10.2. The molecular formula is C17H17N5O2S. The molecule has 1 amide bonds. The van der Waals surface area contributed by atoms with Crippen molar-refractivity contribution in [3.63, 3.8) is 0 Å². The molecule has 2 heterocycles. The normalized spacial score (nSPS) is 10.4. The predicted octanol–water partition coefficient (Wildman–Crippen LogP) is 2.08. The highest BCUT2D eigenvalue weighted by molar-refractivity contribution is 7.99. The van der Waals surface area contributed by atoms with Gasteiger partial charge in [0.25, 0.3) is 0 Å². The minimum absolute atomic E-state index is 0.0728. The van der Waals surface area contributed by atoms with Gasteiger partial charge in [0.1, 0.15) is 17.9 Å². The van der Waals surface area contributed by atoms with E-state index >= 15 is 0 Å². The van der Waals surface area contributed by atoms with E-state index in [4.69, 9.17) is 4.74 Å². The molecule has 1 N–H and O–H groups in total. The number of ether oxygens (including phenoxy) is 1. The first-order chi connectivity index (χ1) is 12.3. The lowest BCUT2D eigenvalue weighted by molar-refractivity contribution is -0.118. The number of carbonyl (C=O) groups is 1. The van der Waals surface area contributed by atoms with Gasteiger partial charge in [-0.1, -0.05) is 30.0 Å². The fourth-order valence-electron chi connectivity index (χ4n) is 2.10. The Hall–Kier alpha value is -2.87. The Labute approximate surface area is 149 Å². The maximum Gasteiger partial charge on any atom is 0.230 e. The molecule has 0 fully saturated rings. The van der Waals surface area contributed by atoms with Crippen LogP contribution >= 0.6 is 11.8 Å². The third kappa shape index (κ3) is 4.57. The van der Waals surface area contributed by atoms with Crippen LogP contribution in [-0.4, -0.2) is 38.5 Å². The summed E-state index contributed by atoms with van der Waals surface area (Å²) in [6.45, 7) is 0.469. The number of hydrogen-bond donors (Lipinski definition) is 1. The average molecular weight is 355 g/mol. The standard InChI is InChI=1S/C17H17N5O2S/c1-24-14-7-5-13(6-8-14)10-19-16(23)11-25-17-21-20-12-22(17)15-4-2-3-9-18-15/h2-9,12H,10-11H2,1H3,(H,19,23). The van der Waals surface area contributed by atoms with Crippen LogP contribution in [0.25, 0.3) is 5.82 Å². The smallest absolute Gasteiger partial charge is 0.230 e. The van der Waals surface area contributed by atoms with Crippen molar-refractivity contribution in [2.24, 2.45) is 0 Å². The fourth-order valence-corrected chi connectivity index (χ4v) is 2.85. The van der Waals surface area contributed by atoms with Crippen LogP contribution in [0.2, 0.25) is 0 Å². The number of methoxy groups -OCH3 is 1. The molecule has 0 spiro atoms. The van der Waals surface area contributed by atoms with E-state index in [9.17, 15) is 4.79 Å². The van der Waals surface area contributed by atoms with Crippen molar-refractivity contribution in [1.82, 2.24) is 25.1 Å². The zero-order chi connectivity index (χ0) is 17.5. The number of hydrogen-bond acceptors (Lipinski definition) is 6. The second-order valence-corrected chi connectivity index (χ2v) is 6.03. The van der Waals surface area contributed by atoms with Gasteiger partial charge in [0.2, 0.25) is 5.91 Å². The average Bonchev–Trinajstić information content (AvgIpc) is 3.14. The molecule has 1 aromatic carbocycles. The summed E-state index contributed by atoms with van der Waals surface area (Å²) in [6, 6.07) is 13.2. The Morgan fingerprint density at radius 2 is 2.08 bits per heavy atom. The minimum atomic E-state index is -0.0728. The highest BCUT2D eigenvalue weighted by atomic mass is 32.2. The monoisotopic (exact) mass is 355 g/mol. The summed E-state index contributed by atoms with van der Waals surface area (Å²) in [5, 5.41) is 11.4. The Morgan fingerprint density at radius 1 is 1.24 bits per heavy atom. The van der Waals surface area contributed by atoms with Gasteiger partial charge in [-0.15, -0.1) is 10.2 Å². The number of benzene rings is 1. The highest BCUT2D eigenvalue weighted by Gasteiger charge is 2.10. The lowest BCUT2D eigenvalue weighted by Gasteiger charge is -2.07. The third-order valence-electron chi connectivity index (χ3n) is 3.39. The lowest BCUT2D eigenvalue weighted by Crippen LogP contribution is -2.24. The number of pyridine rings is 1. The van der Waals surface area contributed by atoms with E-state index in [2.05, 4.69) is 20.5 Å². The molecule has 3 aromatic rings. The first kappa shape index (κ1) is 17.0. The summed E-state index contributed by atoms with van der Waals surface area (Å²) in [4.78, 5) is 16.3. The van der Waals surface area contributed by atoms with Gasteiger partial charge in [-0.3, -0.25) is 9.36 Å². The highest BCUT2D eigenvalue weighted by Crippen LogP contribution is 2.18. The number of thioether (sulfide) groups is 1. The Kier molecular flexibility index (Phi) is 5.63. The molecule has 2 aromatic heterocycles. The Bertz CT molecular complexity index is 821. The van der Waals surface area contributed by atoms with Crippen LogP contribution in [0.4, 0.5) is 0 Å². The van der Waals surface area contributed by atoms with Crippen molar-refractivity contribution in [1.29, 1.82) is 0 Å². The molecular weight excluding hydrogens is 338 g/mol. The molecule has 25 heavy (non-hydrogen) atoms. The molecule has 7 nitrogen and oxygen atoms in total. The first-order valence-corrected chi connectivity index (χ1v) is 8.58. The maximum absolute atomic E-state index is 12.1. The van der Waals surface area contributed by atoms with Crippen molar-refractivity contribution in [3.8, 4) is 11.6 Å². The van der Waals surface area contributed by atoms with Crippen LogP contribution in [0.3, 0.4) is 0 Å². The van der Waals surface area contributed by atoms with Crippen LogP contribution in [0.5, 0.6) is 5.75 Å². The summed E-state index contributed by atoms with van der Waals surface area (Å²) >= 11 is 1.32. The second-order valence-electron chi connectivity index (χ2n) is 5.08. The van der Waals surface area contributed by atoms with Gasteiger partial charge in [0.05, 0.1) is 12.9 Å². The summed E-state index contributed by atoms with van der Waals surface area (Å²) in [7, 11) is 1.62. The summed E-state index contributed by atoms with van der Waals surface area (Å²) in [5.41, 5.74) is 1.01. The van der Waals surface area contributed by atoms with E-state index in [1.807, 2.05) is 42.5 Å². The van der Waals surface area contributed by atoms with Crippen LogP contribution in [0.15, 0.2) is 60.1 Å². The summed E-state index contributed by atoms with van der Waals surface area (Å²) < 4.78 is 6.86. The molecule has 3 rings (SSSR count). The van der Waals surface area contributed by atoms with Crippen LogP contribution in [0, 0.1) is 0 Å². The molecule has 0 aliphatic heterocycles. The van der Waals surface area contributed by atoms with Gasteiger partial charge in [0.15, 0.2) is 5.16 Å². The van der Waals surface area contributed by atoms with E-state index in [0.717, 1.165) is 11.3 Å². The predicted molar refractivity (Wildman–Crippen MR) is 94.7 cm³/mol. The number of aromatic nitrogens is 4. The fraction of sp³-hybridized carbons (Fsp3) is 0.176. The molecule has 0 aliphatic rings. The summed E-state index contributed by atoms with van der Waals surface area (Å²) in [6.07, 6.45) is 3.28. The van der Waals surface area contributed by atoms with Crippen molar-refractivity contribution in [3.05, 3.63) is 60.6 Å². The Balaban J connectivity index is 1.52. The number of nitrogens with zero attached hydrogens (tertiary/aromatic N) is 4. The van der Waals surface area contributed by atoms with Gasteiger partial charge in [-0.05, 0) is 29.8 Å². The molecule has 0 saturated heterocycles. The van der Waals surface area contributed by atoms with Crippen molar-refractivity contribution < 1.29 is 9.53 Å². The molecule has 0 radical (unpaired) electrons. The zero-order valence-corrected chi connectivity index (χ0v) is 14.4. The Morgan fingerprint density at radius 3 is 2.80 bits per heavy atom. The van der Waals surface area contributed by atoms with Crippen LogP contribution in [-0.2, 0) is 11.3 Å². The number of carbonyl (C=O) groups excluding carboxylic acids is 1. The molecule has 0 aliphatic carbocycles. The number of nitrogens with one attached hydrogen (secondary N) is 1. The maximum atomic E-state index is 12.1. The van der Waals surface area contributed by atoms with E-state index < -0.39 is 0 Å². The molecule has 0 unspecified atom stereocenters.